The van der Waals surface area contributed by atoms with Crippen LogP contribution in [-0.4, -0.2) is 0 Å². The highest BCUT2D eigenvalue weighted by Crippen LogP contribution is 2.59. The Morgan fingerprint density at radius 3 is 1.44 bits per heavy atom. The van der Waals surface area contributed by atoms with Crippen molar-refractivity contribution in [3.63, 3.8) is 0 Å². The van der Waals surface area contributed by atoms with E-state index in [-0.39, 0.29) is 10.8 Å². The van der Waals surface area contributed by atoms with Crippen molar-refractivity contribution >= 4 is 17.1 Å². The van der Waals surface area contributed by atoms with Crippen LogP contribution in [0.15, 0.2) is 224 Å². The third-order valence-corrected chi connectivity index (χ3v) is 13.3. The van der Waals surface area contributed by atoms with Crippen molar-refractivity contribution in [2.75, 3.05) is 4.90 Å². The van der Waals surface area contributed by atoms with Crippen molar-refractivity contribution in [2.45, 2.75) is 24.7 Å². The van der Waals surface area contributed by atoms with E-state index in [1.807, 2.05) is 0 Å². The Bertz CT molecular complexity index is 3000. The van der Waals surface area contributed by atoms with E-state index < -0.39 is 0 Å². The van der Waals surface area contributed by atoms with Gasteiger partial charge in [0.1, 0.15) is 0 Å². The van der Waals surface area contributed by atoms with Crippen LogP contribution in [0.1, 0.15) is 47.2 Å². The zero-order chi connectivity index (χ0) is 39.6. The zero-order valence-electron chi connectivity index (χ0n) is 33.3. The Hall–Kier alpha value is -7.22. The summed E-state index contributed by atoms with van der Waals surface area (Å²) in [6.07, 6.45) is 0. The third kappa shape index (κ3) is 5.31. The highest BCUT2D eigenvalue weighted by Gasteiger charge is 2.44. The monoisotopic (exact) mass is 753 g/mol. The van der Waals surface area contributed by atoms with Crippen LogP contribution in [0, 0.1) is 0 Å². The molecule has 0 aliphatic heterocycles. The second-order valence-corrected chi connectivity index (χ2v) is 16.3. The van der Waals surface area contributed by atoms with E-state index in [1.165, 1.54) is 83.6 Å². The van der Waals surface area contributed by atoms with Crippen LogP contribution < -0.4 is 4.90 Å². The minimum absolute atomic E-state index is 0.326. The van der Waals surface area contributed by atoms with E-state index in [4.69, 9.17) is 0 Å². The smallest absolute Gasteiger partial charge is 0.0543 e. The lowest BCUT2D eigenvalue weighted by atomic mass is 9.74. The third-order valence-electron chi connectivity index (χ3n) is 13.3. The average Bonchev–Trinajstić information content (AvgIpc) is 3.74. The molecule has 0 fully saturated rings. The van der Waals surface area contributed by atoms with Gasteiger partial charge in [0.05, 0.1) is 11.4 Å². The molecule has 280 valence electrons. The molecule has 0 amide bonds. The summed E-state index contributed by atoms with van der Waals surface area (Å²) in [5.41, 5.74) is 20.6. The number of fused-ring (bicyclic) bond motifs is 6. The fraction of sp³-hybridized carbons (Fsp3) is 0.0690. The van der Waals surface area contributed by atoms with E-state index in [9.17, 15) is 0 Å². The SMILES string of the molecule is CC1(c2ccccc2)c2ccccc2-c2ccc(N(c3ccccc3-c3ccc(-c4ccccc4)cc3)c3cccc4c3-c3ccccc3C4(C)c3ccccc3)cc21. The quantitative estimate of drug-likeness (QED) is 0.157. The molecule has 0 radical (unpaired) electrons. The number of hydrogen-bond acceptors (Lipinski definition) is 1. The van der Waals surface area contributed by atoms with E-state index in [0.29, 0.717) is 0 Å². The predicted molar refractivity (Wildman–Crippen MR) is 247 cm³/mol. The molecule has 0 N–H and O–H groups in total. The lowest BCUT2D eigenvalue weighted by molar-refractivity contribution is 0.713. The van der Waals surface area contributed by atoms with Crippen molar-refractivity contribution in [1.29, 1.82) is 0 Å². The molecule has 0 saturated heterocycles. The number of benzene rings is 9. The molecule has 2 aliphatic rings. The predicted octanol–water partition coefficient (Wildman–Crippen LogP) is 15.2. The van der Waals surface area contributed by atoms with Crippen molar-refractivity contribution in [3.8, 4) is 44.5 Å². The highest BCUT2D eigenvalue weighted by atomic mass is 15.1. The van der Waals surface area contributed by atoms with Crippen molar-refractivity contribution in [2.24, 2.45) is 0 Å². The molecule has 0 saturated carbocycles. The topological polar surface area (TPSA) is 3.24 Å². The molecule has 2 aliphatic carbocycles. The molecule has 1 nitrogen and oxygen atoms in total. The first-order chi connectivity index (χ1) is 29.0. The molecule has 11 rings (SSSR count). The molecule has 0 spiro atoms. The molecule has 2 atom stereocenters. The summed E-state index contributed by atoms with van der Waals surface area (Å²) in [7, 11) is 0. The van der Waals surface area contributed by atoms with Gasteiger partial charge in [-0.2, -0.15) is 0 Å². The van der Waals surface area contributed by atoms with Gasteiger partial charge in [-0.3, -0.25) is 0 Å². The maximum absolute atomic E-state index is 2.54. The van der Waals surface area contributed by atoms with E-state index in [2.05, 4.69) is 243 Å². The summed E-state index contributed by atoms with van der Waals surface area (Å²) in [6.45, 7) is 4.81. The fourth-order valence-corrected chi connectivity index (χ4v) is 10.3. The lowest BCUT2D eigenvalue weighted by Gasteiger charge is -2.33. The number of para-hydroxylation sites is 1. The van der Waals surface area contributed by atoms with E-state index >= 15 is 0 Å². The average molecular weight is 754 g/mol. The Kier molecular flexibility index (Phi) is 8.13. The maximum atomic E-state index is 2.54. The second-order valence-electron chi connectivity index (χ2n) is 16.3. The van der Waals surface area contributed by atoms with Gasteiger partial charge in [-0.15, -0.1) is 0 Å². The Morgan fingerprint density at radius 1 is 0.305 bits per heavy atom. The number of nitrogens with zero attached hydrogens (tertiary/aromatic N) is 1. The van der Waals surface area contributed by atoms with Gasteiger partial charge in [0.2, 0.25) is 0 Å². The first kappa shape index (κ1) is 35.0. The van der Waals surface area contributed by atoms with Gasteiger partial charge in [-0.25, -0.2) is 0 Å². The number of rotatable bonds is 7. The summed E-state index contributed by atoms with van der Waals surface area (Å²) in [4.78, 5) is 2.54. The maximum Gasteiger partial charge on any atom is 0.0543 e. The van der Waals surface area contributed by atoms with Gasteiger partial charge in [0.15, 0.2) is 0 Å². The van der Waals surface area contributed by atoms with Gasteiger partial charge in [-0.1, -0.05) is 200 Å². The van der Waals surface area contributed by atoms with Gasteiger partial charge >= 0.3 is 0 Å². The number of hydrogen-bond donors (Lipinski definition) is 0. The van der Waals surface area contributed by atoms with Gasteiger partial charge in [0.25, 0.3) is 0 Å². The van der Waals surface area contributed by atoms with Crippen LogP contribution in [0.3, 0.4) is 0 Å². The molecule has 59 heavy (non-hydrogen) atoms. The summed E-state index contributed by atoms with van der Waals surface area (Å²) in [5.74, 6) is 0. The summed E-state index contributed by atoms with van der Waals surface area (Å²) >= 11 is 0. The Labute approximate surface area is 347 Å². The van der Waals surface area contributed by atoms with Crippen LogP contribution in [-0.2, 0) is 10.8 Å². The second kappa shape index (κ2) is 13.7. The molecular formula is C58H43N. The van der Waals surface area contributed by atoms with Gasteiger partial charge < -0.3 is 4.90 Å². The molecule has 0 aromatic heterocycles. The van der Waals surface area contributed by atoms with Crippen LogP contribution in [0.4, 0.5) is 17.1 Å². The minimum Gasteiger partial charge on any atom is -0.309 e. The first-order valence-corrected chi connectivity index (χ1v) is 20.7. The van der Waals surface area contributed by atoms with Crippen molar-refractivity contribution in [3.05, 3.63) is 258 Å². The first-order valence-electron chi connectivity index (χ1n) is 20.7. The summed E-state index contributed by atoms with van der Waals surface area (Å²) < 4.78 is 0. The summed E-state index contributed by atoms with van der Waals surface area (Å²) in [5, 5.41) is 0. The van der Waals surface area contributed by atoms with E-state index in [0.717, 1.165) is 11.4 Å². The van der Waals surface area contributed by atoms with E-state index in [1.54, 1.807) is 0 Å². The van der Waals surface area contributed by atoms with Crippen LogP contribution in [0.2, 0.25) is 0 Å². The lowest BCUT2D eigenvalue weighted by Crippen LogP contribution is -2.23. The molecule has 2 unspecified atom stereocenters. The molecule has 9 aromatic carbocycles. The highest BCUT2D eigenvalue weighted by molar-refractivity contribution is 5.99. The van der Waals surface area contributed by atoms with Crippen molar-refractivity contribution < 1.29 is 0 Å². The standard InChI is InChI=1S/C58H43N/c1-57(43-21-8-4-9-22-43)51-29-16-13-27-49(51)56-52(57)30-18-32-55(56)59(54-31-17-14-25-46(54)42-35-33-41(34-36-42)40-19-6-3-7-20-40)45-37-38-48-47-26-12-15-28-50(47)58(2,53(48)39-45)44-23-10-5-11-24-44/h3-39H,1-2H3. The Morgan fingerprint density at radius 2 is 0.763 bits per heavy atom. The van der Waals surface area contributed by atoms with Crippen molar-refractivity contribution in [1.82, 2.24) is 0 Å². The molecule has 0 bridgehead atoms. The Balaban J connectivity index is 1.17. The molecule has 9 aromatic rings. The van der Waals surface area contributed by atoms with Crippen LogP contribution in [0.25, 0.3) is 44.5 Å². The normalized spacial score (nSPS) is 17.1. The summed E-state index contributed by atoms with van der Waals surface area (Å²) in [6, 6.07) is 82.9. The van der Waals surface area contributed by atoms with Gasteiger partial charge in [0, 0.05) is 27.6 Å². The zero-order valence-corrected chi connectivity index (χ0v) is 33.3. The fourth-order valence-electron chi connectivity index (χ4n) is 10.3. The molecular weight excluding hydrogens is 711 g/mol. The van der Waals surface area contributed by atoms with Crippen LogP contribution >= 0.6 is 0 Å². The van der Waals surface area contributed by atoms with Gasteiger partial charge in [-0.05, 0) is 105 Å². The molecule has 1 heteroatoms. The number of anilines is 3. The van der Waals surface area contributed by atoms with Crippen LogP contribution in [0.5, 0.6) is 0 Å². The molecule has 0 heterocycles. The minimum atomic E-state index is -0.335. The largest absolute Gasteiger partial charge is 0.309 e.